The number of benzene rings is 1. The van der Waals surface area contributed by atoms with Gasteiger partial charge in [0.05, 0.1) is 23.5 Å². The van der Waals surface area contributed by atoms with Gasteiger partial charge in [0.15, 0.2) is 0 Å². The standard InChI is InChI=1S/C22H23N5O/c1-15-11-17(3)27(25-15)12-16(2)23-22(28)19-9-10-21-24-20(14-26(21)13-19)18-7-5-4-6-8-18/h4-11,13-14,16H,12H2,1-3H3,(H,23,28)/t16-/m0/s1. The Hall–Kier alpha value is -3.41. The Morgan fingerprint density at radius 3 is 2.61 bits per heavy atom. The van der Waals surface area contributed by atoms with Crippen LogP contribution in [0.2, 0.25) is 0 Å². The number of nitrogens with one attached hydrogen (secondary N) is 1. The van der Waals surface area contributed by atoms with Gasteiger partial charge in [-0.2, -0.15) is 5.10 Å². The summed E-state index contributed by atoms with van der Waals surface area (Å²) in [5, 5.41) is 7.51. The fourth-order valence-corrected chi connectivity index (χ4v) is 3.35. The van der Waals surface area contributed by atoms with Crippen molar-refractivity contribution >= 4 is 11.6 Å². The molecule has 1 amide bonds. The molecular weight excluding hydrogens is 350 g/mol. The van der Waals surface area contributed by atoms with E-state index in [-0.39, 0.29) is 11.9 Å². The summed E-state index contributed by atoms with van der Waals surface area (Å²) in [5.41, 5.74) is 5.42. The van der Waals surface area contributed by atoms with E-state index in [0.717, 1.165) is 28.3 Å². The first-order valence-electron chi connectivity index (χ1n) is 9.36. The summed E-state index contributed by atoms with van der Waals surface area (Å²) in [6, 6.07) is 15.7. The highest BCUT2D eigenvalue weighted by Crippen LogP contribution is 2.19. The number of carbonyl (C=O) groups is 1. The minimum absolute atomic E-state index is 0.0381. The van der Waals surface area contributed by atoms with Gasteiger partial charge in [-0.05, 0) is 39.0 Å². The monoisotopic (exact) mass is 373 g/mol. The number of hydrogen-bond donors (Lipinski definition) is 1. The zero-order chi connectivity index (χ0) is 19.7. The average molecular weight is 373 g/mol. The molecule has 0 aliphatic heterocycles. The molecule has 0 bridgehead atoms. The molecule has 1 atom stereocenters. The van der Waals surface area contributed by atoms with E-state index in [9.17, 15) is 4.79 Å². The van der Waals surface area contributed by atoms with Gasteiger partial charge in [0.2, 0.25) is 0 Å². The third-order valence-corrected chi connectivity index (χ3v) is 4.71. The van der Waals surface area contributed by atoms with Crippen molar-refractivity contribution in [2.24, 2.45) is 0 Å². The number of amides is 1. The van der Waals surface area contributed by atoms with E-state index in [1.54, 1.807) is 0 Å². The second kappa shape index (κ2) is 7.31. The summed E-state index contributed by atoms with van der Waals surface area (Å²) >= 11 is 0. The lowest BCUT2D eigenvalue weighted by atomic mass is 10.2. The number of aryl methyl sites for hydroxylation is 2. The Balaban J connectivity index is 1.50. The van der Waals surface area contributed by atoms with Gasteiger partial charge in [0, 0.05) is 29.7 Å². The van der Waals surface area contributed by atoms with Crippen LogP contribution in [0.15, 0.2) is 60.9 Å². The summed E-state index contributed by atoms with van der Waals surface area (Å²) in [4.78, 5) is 17.3. The van der Waals surface area contributed by atoms with Crippen molar-refractivity contribution in [3.63, 3.8) is 0 Å². The van der Waals surface area contributed by atoms with Gasteiger partial charge < -0.3 is 9.72 Å². The molecule has 3 heterocycles. The van der Waals surface area contributed by atoms with Crippen LogP contribution in [0.4, 0.5) is 0 Å². The Kier molecular flexibility index (Phi) is 4.69. The molecule has 0 radical (unpaired) electrons. The molecule has 1 N–H and O–H groups in total. The SMILES string of the molecule is Cc1cc(C)n(C[C@H](C)NC(=O)c2ccc3nc(-c4ccccc4)cn3c2)n1. The second-order valence-corrected chi connectivity index (χ2v) is 7.16. The number of nitrogens with zero attached hydrogens (tertiary/aromatic N) is 4. The predicted octanol–water partition coefficient (Wildman–Crippen LogP) is 3.63. The molecule has 6 heteroatoms. The number of fused-ring (bicyclic) bond motifs is 1. The van der Waals surface area contributed by atoms with Crippen molar-refractivity contribution in [1.29, 1.82) is 0 Å². The van der Waals surface area contributed by atoms with Crippen LogP contribution >= 0.6 is 0 Å². The van der Waals surface area contributed by atoms with Gasteiger partial charge in [-0.15, -0.1) is 0 Å². The molecule has 0 saturated carbocycles. The molecule has 0 fully saturated rings. The Morgan fingerprint density at radius 1 is 1.11 bits per heavy atom. The average Bonchev–Trinajstić information content (AvgIpc) is 3.24. The highest BCUT2D eigenvalue weighted by molar-refractivity contribution is 5.94. The largest absolute Gasteiger partial charge is 0.348 e. The maximum absolute atomic E-state index is 12.7. The van der Waals surface area contributed by atoms with Gasteiger partial charge in [0.1, 0.15) is 5.65 Å². The van der Waals surface area contributed by atoms with Crippen LogP contribution in [0.1, 0.15) is 28.7 Å². The third kappa shape index (κ3) is 3.67. The molecule has 4 rings (SSSR count). The van der Waals surface area contributed by atoms with Crippen molar-refractivity contribution < 1.29 is 4.79 Å². The Bertz CT molecular complexity index is 1130. The number of imidazole rings is 1. The van der Waals surface area contributed by atoms with E-state index in [0.29, 0.717) is 12.1 Å². The molecule has 6 nitrogen and oxygen atoms in total. The van der Waals surface area contributed by atoms with Gasteiger partial charge in [0.25, 0.3) is 5.91 Å². The Morgan fingerprint density at radius 2 is 1.89 bits per heavy atom. The first kappa shape index (κ1) is 18.0. The molecule has 3 aromatic heterocycles. The van der Waals surface area contributed by atoms with E-state index in [1.807, 2.05) is 90.8 Å². The summed E-state index contributed by atoms with van der Waals surface area (Å²) in [6.07, 6.45) is 3.76. The van der Waals surface area contributed by atoms with Crippen LogP contribution in [0.25, 0.3) is 16.9 Å². The van der Waals surface area contributed by atoms with Crippen molar-refractivity contribution in [2.45, 2.75) is 33.4 Å². The number of pyridine rings is 1. The van der Waals surface area contributed by atoms with Gasteiger partial charge in [-0.1, -0.05) is 30.3 Å². The normalized spacial score (nSPS) is 12.2. The number of carbonyl (C=O) groups excluding carboxylic acids is 1. The van der Waals surface area contributed by atoms with Gasteiger partial charge in [-0.25, -0.2) is 4.98 Å². The van der Waals surface area contributed by atoms with Crippen molar-refractivity contribution in [1.82, 2.24) is 24.5 Å². The molecule has 0 saturated heterocycles. The first-order chi connectivity index (χ1) is 13.5. The highest BCUT2D eigenvalue weighted by atomic mass is 16.1. The van der Waals surface area contributed by atoms with E-state index < -0.39 is 0 Å². The molecule has 142 valence electrons. The minimum Gasteiger partial charge on any atom is -0.348 e. The molecule has 0 aliphatic rings. The first-order valence-corrected chi connectivity index (χ1v) is 9.36. The summed E-state index contributed by atoms with van der Waals surface area (Å²) < 4.78 is 3.81. The van der Waals surface area contributed by atoms with Crippen LogP contribution in [0.3, 0.4) is 0 Å². The highest BCUT2D eigenvalue weighted by Gasteiger charge is 2.13. The van der Waals surface area contributed by atoms with Crippen LogP contribution < -0.4 is 5.32 Å². The number of aromatic nitrogens is 4. The van der Waals surface area contributed by atoms with Crippen LogP contribution in [0.5, 0.6) is 0 Å². The predicted molar refractivity (Wildman–Crippen MR) is 109 cm³/mol. The summed E-state index contributed by atoms with van der Waals surface area (Å²) in [5.74, 6) is -0.106. The molecule has 0 aliphatic carbocycles. The summed E-state index contributed by atoms with van der Waals surface area (Å²) in [6.45, 7) is 6.61. The van der Waals surface area contributed by atoms with Crippen LogP contribution in [-0.2, 0) is 6.54 Å². The Labute approximate surface area is 163 Å². The van der Waals surface area contributed by atoms with E-state index in [1.165, 1.54) is 0 Å². The molecule has 0 unspecified atom stereocenters. The molecule has 0 spiro atoms. The number of hydrogen-bond acceptors (Lipinski definition) is 3. The van der Waals surface area contributed by atoms with Crippen LogP contribution in [-0.4, -0.2) is 31.1 Å². The molecule has 28 heavy (non-hydrogen) atoms. The number of rotatable bonds is 5. The quantitative estimate of drug-likeness (QED) is 0.581. The topological polar surface area (TPSA) is 64.2 Å². The van der Waals surface area contributed by atoms with Gasteiger partial charge >= 0.3 is 0 Å². The lowest BCUT2D eigenvalue weighted by Gasteiger charge is -2.15. The lowest BCUT2D eigenvalue weighted by molar-refractivity contribution is 0.0935. The second-order valence-electron chi connectivity index (χ2n) is 7.16. The van der Waals surface area contributed by atoms with E-state index in [2.05, 4.69) is 15.4 Å². The molecule has 4 aromatic rings. The lowest BCUT2D eigenvalue weighted by Crippen LogP contribution is -2.36. The maximum atomic E-state index is 12.7. The fraction of sp³-hybridized carbons (Fsp3) is 0.227. The fourth-order valence-electron chi connectivity index (χ4n) is 3.35. The van der Waals surface area contributed by atoms with Crippen molar-refractivity contribution in [3.8, 4) is 11.3 Å². The minimum atomic E-state index is -0.106. The third-order valence-electron chi connectivity index (χ3n) is 4.71. The molecular formula is C22H23N5O. The zero-order valence-electron chi connectivity index (χ0n) is 16.3. The van der Waals surface area contributed by atoms with Crippen molar-refractivity contribution in [3.05, 3.63) is 77.9 Å². The van der Waals surface area contributed by atoms with Crippen LogP contribution in [0, 0.1) is 13.8 Å². The van der Waals surface area contributed by atoms with Gasteiger partial charge in [-0.3, -0.25) is 9.48 Å². The molecule has 1 aromatic carbocycles. The summed E-state index contributed by atoms with van der Waals surface area (Å²) in [7, 11) is 0. The van der Waals surface area contributed by atoms with Crippen molar-refractivity contribution in [2.75, 3.05) is 0 Å². The van der Waals surface area contributed by atoms with E-state index >= 15 is 0 Å². The maximum Gasteiger partial charge on any atom is 0.253 e. The smallest absolute Gasteiger partial charge is 0.253 e. The zero-order valence-corrected chi connectivity index (χ0v) is 16.3. The van der Waals surface area contributed by atoms with E-state index in [4.69, 9.17) is 0 Å².